The quantitative estimate of drug-likeness (QED) is 0.592. The maximum Gasteiger partial charge on any atom is 0.280 e. The molecule has 0 atom stereocenters. The Balaban J connectivity index is 1.81. The summed E-state index contributed by atoms with van der Waals surface area (Å²) in [5.41, 5.74) is 2.93. The summed E-state index contributed by atoms with van der Waals surface area (Å²) in [6.45, 7) is 0. The zero-order chi connectivity index (χ0) is 17.1. The van der Waals surface area contributed by atoms with Gasteiger partial charge in [-0.2, -0.15) is 5.10 Å². The van der Waals surface area contributed by atoms with Gasteiger partial charge in [-0.15, -0.1) is 0 Å². The Kier molecular flexibility index (Phi) is 4.41. The number of halogens is 1. The molecule has 0 radical (unpaired) electrons. The Hall–Kier alpha value is -2.96. The number of nitrogens with zero attached hydrogens (tertiary/aromatic N) is 1. The van der Waals surface area contributed by atoms with Crippen LogP contribution in [0, 0.1) is 5.82 Å². The van der Waals surface area contributed by atoms with Gasteiger partial charge in [0.1, 0.15) is 17.1 Å². The SMILES string of the molecule is O=C(N/N=C/c1cccc(F)c1)c1c(O)c2c([nH]c1=O)CCCC2. The van der Waals surface area contributed by atoms with Gasteiger partial charge in [0.15, 0.2) is 0 Å². The van der Waals surface area contributed by atoms with E-state index >= 15 is 0 Å². The van der Waals surface area contributed by atoms with Crippen molar-refractivity contribution in [1.82, 2.24) is 10.4 Å². The molecule has 0 spiro atoms. The number of hydrogen-bond acceptors (Lipinski definition) is 4. The van der Waals surface area contributed by atoms with E-state index < -0.39 is 17.3 Å². The fourth-order valence-corrected chi connectivity index (χ4v) is 2.78. The van der Waals surface area contributed by atoms with Crippen LogP contribution in [0.15, 0.2) is 34.2 Å². The van der Waals surface area contributed by atoms with E-state index in [0.29, 0.717) is 29.7 Å². The third-order valence-electron chi connectivity index (χ3n) is 3.94. The molecule has 6 nitrogen and oxygen atoms in total. The normalized spacial score (nSPS) is 13.7. The van der Waals surface area contributed by atoms with Crippen molar-refractivity contribution in [3.63, 3.8) is 0 Å². The van der Waals surface area contributed by atoms with Crippen LogP contribution in [0.5, 0.6) is 5.75 Å². The van der Waals surface area contributed by atoms with Crippen molar-refractivity contribution in [2.45, 2.75) is 25.7 Å². The van der Waals surface area contributed by atoms with Crippen LogP contribution in [0.4, 0.5) is 4.39 Å². The molecule has 1 heterocycles. The lowest BCUT2D eigenvalue weighted by Crippen LogP contribution is -2.29. The summed E-state index contributed by atoms with van der Waals surface area (Å²) in [5.74, 6) is -1.52. The van der Waals surface area contributed by atoms with Crippen LogP contribution in [-0.4, -0.2) is 22.2 Å². The van der Waals surface area contributed by atoms with E-state index in [1.165, 1.54) is 24.4 Å². The molecule has 0 saturated carbocycles. The van der Waals surface area contributed by atoms with Gasteiger partial charge in [-0.05, 0) is 43.4 Å². The van der Waals surface area contributed by atoms with Gasteiger partial charge >= 0.3 is 0 Å². The van der Waals surface area contributed by atoms with Gasteiger partial charge in [0.25, 0.3) is 11.5 Å². The lowest BCUT2D eigenvalue weighted by atomic mass is 9.94. The van der Waals surface area contributed by atoms with Gasteiger partial charge < -0.3 is 10.1 Å². The number of hydrazone groups is 1. The van der Waals surface area contributed by atoms with Crippen LogP contribution in [0.25, 0.3) is 0 Å². The predicted octanol–water partition coefficient (Wildman–Crippen LogP) is 1.86. The molecular weight excluding hydrogens is 313 g/mol. The number of H-pyrrole nitrogens is 1. The molecule has 3 rings (SSSR count). The van der Waals surface area contributed by atoms with Gasteiger partial charge in [-0.1, -0.05) is 12.1 Å². The smallest absolute Gasteiger partial charge is 0.280 e. The van der Waals surface area contributed by atoms with Crippen molar-refractivity contribution in [2.75, 3.05) is 0 Å². The fraction of sp³-hybridized carbons (Fsp3) is 0.235. The molecule has 0 unspecified atom stereocenters. The summed E-state index contributed by atoms with van der Waals surface area (Å²) < 4.78 is 13.1. The van der Waals surface area contributed by atoms with Crippen LogP contribution in [0.1, 0.15) is 40.0 Å². The number of hydrogen-bond donors (Lipinski definition) is 3. The summed E-state index contributed by atoms with van der Waals surface area (Å²) >= 11 is 0. The molecule has 24 heavy (non-hydrogen) atoms. The Labute approximate surface area is 137 Å². The first-order valence-corrected chi connectivity index (χ1v) is 7.62. The Morgan fingerprint density at radius 2 is 2.12 bits per heavy atom. The monoisotopic (exact) mass is 329 g/mol. The molecule has 0 fully saturated rings. The number of fused-ring (bicyclic) bond motifs is 1. The average Bonchev–Trinajstić information content (AvgIpc) is 2.55. The average molecular weight is 329 g/mol. The highest BCUT2D eigenvalue weighted by molar-refractivity contribution is 5.97. The topological polar surface area (TPSA) is 94.5 Å². The van der Waals surface area contributed by atoms with Crippen molar-refractivity contribution < 1.29 is 14.3 Å². The fourth-order valence-electron chi connectivity index (χ4n) is 2.78. The second-order valence-corrected chi connectivity index (χ2v) is 5.60. The first-order valence-electron chi connectivity index (χ1n) is 7.62. The number of aromatic nitrogens is 1. The lowest BCUT2D eigenvalue weighted by Gasteiger charge is -2.17. The Bertz CT molecular complexity index is 874. The standard InChI is InChI=1S/C17H16FN3O3/c18-11-5-3-4-10(8-11)9-19-21-17(24)14-15(22)12-6-1-2-7-13(12)20-16(14)23/h3-5,8-9H,1-2,6-7H2,(H,21,24)(H2,20,22,23)/b19-9+. The maximum absolute atomic E-state index is 13.1. The zero-order valence-electron chi connectivity index (χ0n) is 12.8. The summed E-state index contributed by atoms with van der Waals surface area (Å²) in [6.07, 6.45) is 4.38. The number of amides is 1. The minimum absolute atomic E-state index is 0.285. The van der Waals surface area contributed by atoms with Crippen molar-refractivity contribution >= 4 is 12.1 Å². The number of rotatable bonds is 3. The second-order valence-electron chi connectivity index (χ2n) is 5.60. The third-order valence-corrected chi connectivity index (χ3v) is 3.94. The van der Waals surface area contributed by atoms with Crippen LogP contribution in [0.3, 0.4) is 0 Å². The number of carbonyl (C=O) groups is 1. The lowest BCUT2D eigenvalue weighted by molar-refractivity contribution is 0.0950. The molecule has 1 aliphatic carbocycles. The highest BCUT2D eigenvalue weighted by Gasteiger charge is 2.23. The van der Waals surface area contributed by atoms with Crippen molar-refractivity contribution in [2.24, 2.45) is 5.10 Å². The van der Waals surface area contributed by atoms with Crippen molar-refractivity contribution in [1.29, 1.82) is 0 Å². The van der Waals surface area contributed by atoms with E-state index in [4.69, 9.17) is 0 Å². The Morgan fingerprint density at radius 3 is 2.92 bits per heavy atom. The highest BCUT2D eigenvalue weighted by Crippen LogP contribution is 2.28. The number of aromatic hydroxyl groups is 1. The molecule has 0 aliphatic heterocycles. The molecular formula is C17H16FN3O3. The van der Waals surface area contributed by atoms with E-state index in [-0.39, 0.29) is 11.3 Å². The van der Waals surface area contributed by atoms with Gasteiger partial charge in [0, 0.05) is 11.3 Å². The minimum Gasteiger partial charge on any atom is -0.507 e. The molecule has 0 saturated heterocycles. The molecule has 0 bridgehead atoms. The molecule has 1 amide bonds. The summed E-state index contributed by atoms with van der Waals surface area (Å²) in [5, 5.41) is 14.0. The first kappa shape index (κ1) is 15.9. The molecule has 124 valence electrons. The van der Waals surface area contributed by atoms with E-state index in [2.05, 4.69) is 15.5 Å². The minimum atomic E-state index is -0.810. The third kappa shape index (κ3) is 3.19. The largest absolute Gasteiger partial charge is 0.507 e. The predicted molar refractivity (Wildman–Crippen MR) is 86.8 cm³/mol. The number of pyridine rings is 1. The van der Waals surface area contributed by atoms with E-state index in [1.54, 1.807) is 6.07 Å². The van der Waals surface area contributed by atoms with E-state index in [1.807, 2.05) is 0 Å². The van der Waals surface area contributed by atoms with Gasteiger partial charge in [-0.3, -0.25) is 9.59 Å². The number of benzene rings is 1. The second kappa shape index (κ2) is 6.66. The maximum atomic E-state index is 13.1. The zero-order valence-corrected chi connectivity index (χ0v) is 12.8. The summed E-state index contributed by atoms with van der Waals surface area (Å²) in [6, 6.07) is 5.67. The highest BCUT2D eigenvalue weighted by atomic mass is 19.1. The number of aryl methyl sites for hydroxylation is 1. The molecule has 1 aromatic heterocycles. The van der Waals surface area contributed by atoms with Gasteiger partial charge in [0.2, 0.25) is 0 Å². The van der Waals surface area contributed by atoms with E-state index in [9.17, 15) is 19.1 Å². The van der Waals surface area contributed by atoms with E-state index in [0.717, 1.165) is 12.8 Å². The molecule has 2 aromatic rings. The summed E-state index contributed by atoms with van der Waals surface area (Å²) in [4.78, 5) is 26.9. The first-order chi connectivity index (χ1) is 11.6. The van der Waals surface area contributed by atoms with Gasteiger partial charge in [0.05, 0.1) is 6.21 Å². The van der Waals surface area contributed by atoms with Crippen molar-refractivity contribution in [3.8, 4) is 5.75 Å². The molecule has 1 aliphatic rings. The molecule has 3 N–H and O–H groups in total. The van der Waals surface area contributed by atoms with Crippen LogP contribution in [-0.2, 0) is 12.8 Å². The van der Waals surface area contributed by atoms with Crippen LogP contribution < -0.4 is 11.0 Å². The number of aromatic amines is 1. The van der Waals surface area contributed by atoms with Crippen molar-refractivity contribution in [3.05, 3.63) is 62.8 Å². The number of carbonyl (C=O) groups excluding carboxylic acids is 1. The van der Waals surface area contributed by atoms with Gasteiger partial charge in [-0.25, -0.2) is 9.82 Å². The van der Waals surface area contributed by atoms with Crippen LogP contribution >= 0.6 is 0 Å². The van der Waals surface area contributed by atoms with Crippen LogP contribution in [0.2, 0.25) is 0 Å². The molecule has 7 heteroatoms. The number of nitrogens with one attached hydrogen (secondary N) is 2. The summed E-state index contributed by atoms with van der Waals surface area (Å²) in [7, 11) is 0. The Morgan fingerprint density at radius 1 is 1.33 bits per heavy atom. The molecule has 1 aromatic carbocycles.